The van der Waals surface area contributed by atoms with Crippen molar-refractivity contribution in [2.45, 2.75) is 13.3 Å². The van der Waals surface area contributed by atoms with Crippen molar-refractivity contribution in [3.63, 3.8) is 0 Å². The molecule has 8 nitrogen and oxygen atoms in total. The smallest absolute Gasteiger partial charge is 0.278 e. The fourth-order valence-electron chi connectivity index (χ4n) is 2.67. The molecule has 0 aliphatic carbocycles. The molecule has 0 saturated heterocycles. The molecule has 2 heterocycles. The minimum atomic E-state index is -0.494. The molecule has 0 aliphatic rings. The zero-order valence-corrected chi connectivity index (χ0v) is 17.4. The van der Waals surface area contributed by atoms with Gasteiger partial charge in [0, 0.05) is 21.8 Å². The molecule has 0 spiro atoms. The molecule has 4 rings (SSSR count). The van der Waals surface area contributed by atoms with Gasteiger partial charge in [0.05, 0.1) is 6.54 Å². The van der Waals surface area contributed by atoms with Crippen molar-refractivity contribution < 1.29 is 13.9 Å². The molecular weight excluding hydrogens is 446 g/mol. The van der Waals surface area contributed by atoms with Crippen LogP contribution in [-0.4, -0.2) is 30.5 Å². The van der Waals surface area contributed by atoms with Crippen molar-refractivity contribution in [3.8, 4) is 5.75 Å². The van der Waals surface area contributed by atoms with Crippen LogP contribution in [0.3, 0.4) is 0 Å². The van der Waals surface area contributed by atoms with Crippen LogP contribution in [0.15, 0.2) is 61.1 Å². The van der Waals surface area contributed by atoms with Gasteiger partial charge in [0.15, 0.2) is 12.4 Å². The number of hydrogen-bond acceptors (Lipinski definition) is 5. The first-order valence-electron chi connectivity index (χ1n) is 9.03. The monoisotopic (exact) mass is 460 g/mol. The Hall–Kier alpha value is -3.43. The molecule has 1 amide bonds. The maximum Gasteiger partial charge on any atom is 0.278 e. The largest absolute Gasteiger partial charge is 0.471 e. The Kier molecular flexibility index (Phi) is 6.15. The van der Waals surface area contributed by atoms with Crippen LogP contribution in [0.25, 0.3) is 0 Å². The van der Waals surface area contributed by atoms with Gasteiger partial charge in [-0.25, -0.2) is 18.7 Å². The topological polar surface area (TPSA) is 86.9 Å². The first-order chi connectivity index (χ1) is 15.0. The normalized spacial score (nSPS) is 10.8. The summed E-state index contributed by atoms with van der Waals surface area (Å²) in [7, 11) is 0. The molecule has 11 heteroatoms. The molecule has 158 valence electrons. The molecule has 0 aliphatic heterocycles. The fourth-order valence-corrected chi connectivity index (χ4v) is 3.01. The maximum atomic E-state index is 13.9. The number of hydrogen-bond donors (Lipinski definition) is 1. The molecule has 2 aromatic carbocycles. The summed E-state index contributed by atoms with van der Waals surface area (Å²) in [5.41, 5.74) is 0.444. The van der Waals surface area contributed by atoms with Crippen LogP contribution in [0.4, 0.5) is 10.3 Å². The summed E-state index contributed by atoms with van der Waals surface area (Å²) in [6.07, 6.45) is 2.98. The molecule has 0 atom stereocenters. The molecule has 31 heavy (non-hydrogen) atoms. The second-order valence-corrected chi connectivity index (χ2v) is 7.23. The fraction of sp³-hybridized carbons (Fsp3) is 0.100. The van der Waals surface area contributed by atoms with E-state index >= 15 is 0 Å². The van der Waals surface area contributed by atoms with Crippen molar-refractivity contribution in [1.82, 2.24) is 24.5 Å². The molecule has 0 unspecified atom stereocenters. The van der Waals surface area contributed by atoms with Gasteiger partial charge >= 0.3 is 0 Å². The number of nitrogens with one attached hydrogen (secondary N) is 1. The molecule has 0 radical (unpaired) electrons. The van der Waals surface area contributed by atoms with E-state index in [-0.39, 0.29) is 35.5 Å². The van der Waals surface area contributed by atoms with Gasteiger partial charge in [0.1, 0.15) is 17.9 Å². The lowest BCUT2D eigenvalue weighted by atomic mass is 10.2. The van der Waals surface area contributed by atoms with Gasteiger partial charge in [-0.1, -0.05) is 29.3 Å². The summed E-state index contributed by atoms with van der Waals surface area (Å²) < 4.78 is 22.3. The molecule has 2 aromatic heterocycles. The Balaban J connectivity index is 1.35. The van der Waals surface area contributed by atoms with E-state index in [1.54, 1.807) is 36.5 Å². The Morgan fingerprint density at radius 3 is 2.65 bits per heavy atom. The van der Waals surface area contributed by atoms with E-state index in [4.69, 9.17) is 27.9 Å². The number of carbonyl (C=O) groups excluding carboxylic acids is 1. The molecule has 1 N–H and O–H groups in total. The summed E-state index contributed by atoms with van der Waals surface area (Å²) in [5, 5.41) is 11.7. The predicted molar refractivity (Wildman–Crippen MR) is 113 cm³/mol. The number of anilines is 1. The van der Waals surface area contributed by atoms with Crippen molar-refractivity contribution in [2.24, 2.45) is 0 Å². The van der Waals surface area contributed by atoms with Crippen molar-refractivity contribution in [3.05, 3.63) is 88.2 Å². The van der Waals surface area contributed by atoms with E-state index < -0.39 is 11.7 Å². The van der Waals surface area contributed by atoms with Crippen LogP contribution in [-0.2, 0) is 13.3 Å². The summed E-state index contributed by atoms with van der Waals surface area (Å²) in [4.78, 5) is 16.4. The van der Waals surface area contributed by atoms with E-state index in [0.29, 0.717) is 10.8 Å². The molecule has 0 saturated carbocycles. The molecule has 4 aromatic rings. The lowest BCUT2D eigenvalue weighted by Crippen LogP contribution is -2.15. The third-order valence-electron chi connectivity index (χ3n) is 4.19. The van der Waals surface area contributed by atoms with Gasteiger partial charge in [-0.3, -0.25) is 10.1 Å². The molecule has 0 bridgehead atoms. The van der Waals surface area contributed by atoms with E-state index in [2.05, 4.69) is 20.5 Å². The number of nitrogens with zero attached hydrogens (tertiary/aromatic N) is 5. The van der Waals surface area contributed by atoms with Gasteiger partial charge < -0.3 is 4.74 Å². The molecular formula is C20H15Cl2FN6O2. The minimum Gasteiger partial charge on any atom is -0.471 e. The number of halogens is 3. The third-order valence-corrected chi connectivity index (χ3v) is 4.80. The standard InChI is InChI=1S/C20H15Cl2FN6O2/c21-13-4-6-14(7-5-13)31-12-28-9-8-18(26-28)19(30)25-20-24-11-29(27-20)10-15-16(22)2-1-3-17(15)23/h1-9,11H,10,12H2,(H,25,27,30). The van der Waals surface area contributed by atoms with Crippen molar-refractivity contribution in [2.75, 3.05) is 5.32 Å². The minimum absolute atomic E-state index is 0.0597. The lowest BCUT2D eigenvalue weighted by Gasteiger charge is -2.06. The molecule has 0 fully saturated rings. The van der Waals surface area contributed by atoms with E-state index in [9.17, 15) is 9.18 Å². The van der Waals surface area contributed by atoms with Crippen LogP contribution in [0, 0.1) is 5.82 Å². The van der Waals surface area contributed by atoms with Crippen molar-refractivity contribution in [1.29, 1.82) is 0 Å². The predicted octanol–water partition coefficient (Wildman–Crippen LogP) is 4.26. The third kappa shape index (κ3) is 5.19. The number of rotatable bonds is 7. The van der Waals surface area contributed by atoms with E-state index in [1.165, 1.54) is 33.9 Å². The quantitative estimate of drug-likeness (QED) is 0.445. The van der Waals surface area contributed by atoms with Gasteiger partial charge in [-0.15, -0.1) is 5.10 Å². The number of carbonyl (C=O) groups is 1. The maximum absolute atomic E-state index is 13.9. The Morgan fingerprint density at radius 2 is 1.87 bits per heavy atom. The first-order valence-corrected chi connectivity index (χ1v) is 9.79. The zero-order chi connectivity index (χ0) is 21.8. The SMILES string of the molecule is O=C(Nc1ncn(Cc2c(F)cccc2Cl)n1)c1ccn(COc2ccc(Cl)cc2)n1. The van der Waals surface area contributed by atoms with Gasteiger partial charge in [0.2, 0.25) is 5.95 Å². The van der Waals surface area contributed by atoms with Crippen LogP contribution in [0.1, 0.15) is 16.1 Å². The average molecular weight is 461 g/mol. The van der Waals surface area contributed by atoms with Gasteiger partial charge in [0.25, 0.3) is 5.91 Å². The highest BCUT2D eigenvalue weighted by Crippen LogP contribution is 2.20. The summed E-state index contributed by atoms with van der Waals surface area (Å²) >= 11 is 11.9. The van der Waals surface area contributed by atoms with Crippen LogP contribution < -0.4 is 10.1 Å². The number of amides is 1. The summed E-state index contributed by atoms with van der Waals surface area (Å²) in [6.45, 7) is 0.191. The summed E-state index contributed by atoms with van der Waals surface area (Å²) in [5.74, 6) is -0.258. The van der Waals surface area contributed by atoms with Gasteiger partial charge in [-0.2, -0.15) is 5.10 Å². The van der Waals surface area contributed by atoms with Crippen LogP contribution in [0.5, 0.6) is 5.75 Å². The number of aromatic nitrogens is 5. The number of ether oxygens (including phenoxy) is 1. The second kappa shape index (κ2) is 9.15. The highest BCUT2D eigenvalue weighted by molar-refractivity contribution is 6.31. The van der Waals surface area contributed by atoms with Crippen LogP contribution in [0.2, 0.25) is 10.0 Å². The lowest BCUT2D eigenvalue weighted by molar-refractivity contribution is 0.101. The second-order valence-electron chi connectivity index (χ2n) is 6.39. The van der Waals surface area contributed by atoms with Gasteiger partial charge in [-0.05, 0) is 42.5 Å². The van der Waals surface area contributed by atoms with Crippen LogP contribution >= 0.6 is 23.2 Å². The van der Waals surface area contributed by atoms with E-state index in [0.717, 1.165) is 0 Å². The Bertz CT molecular complexity index is 1190. The Morgan fingerprint density at radius 1 is 1.06 bits per heavy atom. The van der Waals surface area contributed by atoms with Crippen molar-refractivity contribution >= 4 is 35.1 Å². The summed E-state index contributed by atoms with van der Waals surface area (Å²) in [6, 6.07) is 12.9. The highest BCUT2D eigenvalue weighted by atomic mass is 35.5. The highest BCUT2D eigenvalue weighted by Gasteiger charge is 2.14. The van der Waals surface area contributed by atoms with E-state index in [1.807, 2.05) is 0 Å². The Labute approximate surface area is 186 Å². The first kappa shape index (κ1) is 20.8. The number of benzene rings is 2. The zero-order valence-electron chi connectivity index (χ0n) is 15.9. The average Bonchev–Trinajstić information content (AvgIpc) is 3.40.